The monoisotopic (exact) mass is 453 g/mol. The molecule has 2 aromatic heterocycles. The third-order valence-electron chi connectivity index (χ3n) is 2.66. The molecule has 0 unspecified atom stereocenters. The molecular weight excluding hydrogens is 439 g/mol. The van der Waals surface area contributed by atoms with Gasteiger partial charge in [-0.25, -0.2) is 0 Å². The van der Waals surface area contributed by atoms with Gasteiger partial charge in [0, 0.05) is 6.20 Å². The molecule has 0 aliphatic heterocycles. The fourth-order valence-electron chi connectivity index (χ4n) is 1.79. The first-order chi connectivity index (χ1) is 9.93. The molecule has 0 spiro atoms. The van der Waals surface area contributed by atoms with Gasteiger partial charge >= 0.3 is 21.1 Å². The summed E-state index contributed by atoms with van der Waals surface area (Å²) in [5.41, 5.74) is 3.68. The molecule has 0 aliphatic carbocycles. The van der Waals surface area contributed by atoms with Gasteiger partial charge in [0.15, 0.2) is 0 Å². The van der Waals surface area contributed by atoms with Crippen molar-refractivity contribution in [2.24, 2.45) is 0 Å². The standard InChI is InChI=1S/C16H11N2.C2H3.Pt/c1-2-7-13(8-3-1)14-10-6-11-16(18-14)15-9-4-5-12-17-15;1-2;/h1-7,9-12H;1H,2H2;/q2*-1;+2. The van der Waals surface area contributed by atoms with Crippen molar-refractivity contribution in [1.29, 1.82) is 0 Å². The fraction of sp³-hybridized carbons (Fsp3) is 0. The van der Waals surface area contributed by atoms with E-state index >= 15 is 0 Å². The van der Waals surface area contributed by atoms with Crippen LogP contribution in [-0.2, 0) is 21.1 Å². The molecule has 3 heteroatoms. The Hall–Kier alpha value is -2.05. The Morgan fingerprint density at radius 2 is 1.52 bits per heavy atom. The number of pyridine rings is 2. The molecule has 106 valence electrons. The van der Waals surface area contributed by atoms with E-state index in [4.69, 9.17) is 0 Å². The molecule has 2 heterocycles. The second-order valence-corrected chi connectivity index (χ2v) is 3.90. The van der Waals surface area contributed by atoms with Crippen LogP contribution in [0.2, 0.25) is 0 Å². The van der Waals surface area contributed by atoms with Gasteiger partial charge in [0.2, 0.25) is 0 Å². The van der Waals surface area contributed by atoms with Crippen molar-refractivity contribution in [3.8, 4) is 22.6 Å². The Bertz CT molecular complexity index is 600. The zero-order valence-corrected chi connectivity index (χ0v) is 13.6. The molecule has 0 aliphatic rings. The average Bonchev–Trinajstić information content (AvgIpc) is 2.58. The van der Waals surface area contributed by atoms with Gasteiger partial charge in [-0.15, -0.1) is 35.9 Å². The zero-order chi connectivity index (χ0) is 14.2. The molecule has 3 rings (SSSR count). The second-order valence-electron chi connectivity index (χ2n) is 3.90. The largest absolute Gasteiger partial charge is 2.00 e. The zero-order valence-electron chi connectivity index (χ0n) is 11.3. The topological polar surface area (TPSA) is 25.8 Å². The average molecular weight is 453 g/mol. The summed E-state index contributed by atoms with van der Waals surface area (Å²) in [6.07, 6.45) is 1.78. The van der Waals surface area contributed by atoms with Gasteiger partial charge in [-0.3, -0.25) is 16.5 Å². The summed E-state index contributed by atoms with van der Waals surface area (Å²) in [6, 6.07) is 22.8. The summed E-state index contributed by atoms with van der Waals surface area (Å²) in [7, 11) is 0. The van der Waals surface area contributed by atoms with E-state index in [-0.39, 0.29) is 21.1 Å². The van der Waals surface area contributed by atoms with Crippen LogP contribution >= 0.6 is 0 Å². The summed E-state index contributed by atoms with van der Waals surface area (Å²) < 4.78 is 0. The maximum Gasteiger partial charge on any atom is 2.00 e. The molecule has 0 bridgehead atoms. The van der Waals surface area contributed by atoms with Crippen LogP contribution in [0.4, 0.5) is 0 Å². The number of nitrogens with zero attached hydrogens (tertiary/aromatic N) is 2. The first kappa shape index (κ1) is 17.0. The van der Waals surface area contributed by atoms with Crippen LogP contribution in [0.25, 0.3) is 22.6 Å². The van der Waals surface area contributed by atoms with E-state index in [1.165, 1.54) is 0 Å². The van der Waals surface area contributed by atoms with Crippen LogP contribution in [0.1, 0.15) is 0 Å². The maximum atomic E-state index is 4.62. The number of hydrogen-bond donors (Lipinski definition) is 0. The van der Waals surface area contributed by atoms with Gasteiger partial charge in [0.25, 0.3) is 0 Å². The summed E-state index contributed by atoms with van der Waals surface area (Å²) >= 11 is 0. The smallest absolute Gasteiger partial charge is 0.521 e. The molecule has 21 heavy (non-hydrogen) atoms. The third kappa shape index (κ3) is 4.47. The Balaban J connectivity index is 0.000000706. The van der Waals surface area contributed by atoms with Crippen molar-refractivity contribution >= 4 is 0 Å². The quantitative estimate of drug-likeness (QED) is 0.544. The molecule has 0 radical (unpaired) electrons. The van der Waals surface area contributed by atoms with E-state index in [1.54, 1.807) is 6.20 Å². The Kier molecular flexibility index (Phi) is 7.28. The van der Waals surface area contributed by atoms with Gasteiger partial charge in [0.1, 0.15) is 0 Å². The van der Waals surface area contributed by atoms with Crippen molar-refractivity contribution in [3.63, 3.8) is 0 Å². The van der Waals surface area contributed by atoms with Gasteiger partial charge in [-0.1, -0.05) is 18.2 Å². The molecule has 0 saturated heterocycles. The van der Waals surface area contributed by atoms with Crippen molar-refractivity contribution in [1.82, 2.24) is 9.97 Å². The van der Waals surface area contributed by atoms with E-state index in [9.17, 15) is 0 Å². The van der Waals surface area contributed by atoms with Crippen molar-refractivity contribution in [3.05, 3.63) is 86.1 Å². The molecule has 0 fully saturated rings. The van der Waals surface area contributed by atoms with E-state index < -0.39 is 0 Å². The summed E-state index contributed by atoms with van der Waals surface area (Å²) in [6.45, 7) is 7.00. The van der Waals surface area contributed by atoms with Crippen molar-refractivity contribution < 1.29 is 21.1 Å². The normalized spacial score (nSPS) is 8.95. The summed E-state index contributed by atoms with van der Waals surface area (Å²) in [5.74, 6) is 0. The van der Waals surface area contributed by atoms with Crippen molar-refractivity contribution in [2.75, 3.05) is 0 Å². The number of hydrogen-bond acceptors (Lipinski definition) is 2. The van der Waals surface area contributed by atoms with Gasteiger partial charge in [-0.2, -0.15) is 0 Å². The number of aromatic nitrogens is 2. The van der Waals surface area contributed by atoms with Gasteiger partial charge < -0.3 is 6.58 Å². The van der Waals surface area contributed by atoms with Crippen LogP contribution < -0.4 is 0 Å². The first-order valence-electron chi connectivity index (χ1n) is 6.20. The minimum atomic E-state index is 0. The van der Waals surface area contributed by atoms with E-state index in [2.05, 4.69) is 29.2 Å². The molecule has 0 atom stereocenters. The predicted molar refractivity (Wildman–Crippen MR) is 81.7 cm³/mol. The van der Waals surface area contributed by atoms with E-state index in [0.29, 0.717) is 0 Å². The van der Waals surface area contributed by atoms with Gasteiger partial charge in [0.05, 0.1) is 11.4 Å². The van der Waals surface area contributed by atoms with E-state index in [0.717, 1.165) is 22.6 Å². The Morgan fingerprint density at radius 1 is 0.810 bits per heavy atom. The minimum absolute atomic E-state index is 0. The van der Waals surface area contributed by atoms with Crippen LogP contribution in [0.5, 0.6) is 0 Å². The molecule has 1 aromatic carbocycles. The maximum absolute atomic E-state index is 4.62. The van der Waals surface area contributed by atoms with Crippen LogP contribution in [-0.4, -0.2) is 9.97 Å². The van der Waals surface area contributed by atoms with Crippen LogP contribution in [0, 0.1) is 12.6 Å². The van der Waals surface area contributed by atoms with Crippen molar-refractivity contribution in [2.45, 2.75) is 0 Å². The van der Waals surface area contributed by atoms with Crippen LogP contribution in [0.15, 0.2) is 73.4 Å². The molecule has 0 saturated carbocycles. The predicted octanol–water partition coefficient (Wildman–Crippen LogP) is 4.21. The number of benzene rings is 1. The Morgan fingerprint density at radius 3 is 2.19 bits per heavy atom. The molecular formula is C18H14N2Pt. The van der Waals surface area contributed by atoms with Crippen LogP contribution in [0.3, 0.4) is 0 Å². The van der Waals surface area contributed by atoms with E-state index in [1.807, 2.05) is 60.7 Å². The Labute approximate surface area is 139 Å². The second kappa shape index (κ2) is 8.99. The molecule has 3 aromatic rings. The summed E-state index contributed by atoms with van der Waals surface area (Å²) in [4.78, 5) is 8.93. The summed E-state index contributed by atoms with van der Waals surface area (Å²) in [5, 5.41) is 0. The number of rotatable bonds is 2. The minimum Gasteiger partial charge on any atom is -0.521 e. The SMILES string of the molecule is [CH-]=C.[Pt+2].[c-]1ccccc1-c1cccc(-c2ccccn2)n1. The molecule has 2 nitrogen and oxygen atoms in total. The molecule has 0 amide bonds. The van der Waals surface area contributed by atoms with Gasteiger partial charge in [-0.05, 0) is 23.9 Å². The fourth-order valence-corrected chi connectivity index (χ4v) is 1.79. The molecule has 0 N–H and O–H groups in total. The first-order valence-corrected chi connectivity index (χ1v) is 6.20. The third-order valence-corrected chi connectivity index (χ3v) is 2.66.